The van der Waals surface area contributed by atoms with Crippen molar-refractivity contribution in [2.24, 2.45) is 5.10 Å². The Morgan fingerprint density at radius 2 is 1.73 bits per heavy atom. The number of hydrogen-bond acceptors (Lipinski definition) is 2. The molecule has 0 spiro atoms. The van der Waals surface area contributed by atoms with E-state index in [2.05, 4.69) is 9.67 Å². The monoisotopic (exact) mass is 411 g/mol. The summed E-state index contributed by atoms with van der Waals surface area (Å²) in [5, 5.41) is 5.27. The third-order valence-electron chi connectivity index (χ3n) is 5.34. The molecule has 4 nitrogen and oxygen atoms in total. The first kappa shape index (κ1) is 19.9. The molecule has 0 radical (unpaired) electrons. The molecule has 0 saturated carbocycles. The smallest absolute Gasteiger partial charge is 0.344 e. The molecule has 0 unspecified atom stereocenters. The zero-order chi connectivity index (χ0) is 21.6. The molecule has 0 bridgehead atoms. The molecular weight excluding hydrogens is 391 g/mol. The molecule has 30 heavy (non-hydrogen) atoms. The van der Waals surface area contributed by atoms with Crippen LogP contribution in [-0.2, 0) is 11.3 Å². The molecule has 0 aliphatic carbocycles. The summed E-state index contributed by atoms with van der Waals surface area (Å²) in [5.41, 5.74) is 2.05. The van der Waals surface area contributed by atoms with E-state index in [4.69, 9.17) is 0 Å². The number of nitrogens with zero attached hydrogens (tertiary/aromatic N) is 3. The summed E-state index contributed by atoms with van der Waals surface area (Å²) in [7, 11) is 0. The van der Waals surface area contributed by atoms with Gasteiger partial charge in [0.2, 0.25) is 0 Å². The highest BCUT2D eigenvalue weighted by Gasteiger charge is 2.47. The van der Waals surface area contributed by atoms with E-state index in [0.29, 0.717) is 12.1 Å². The van der Waals surface area contributed by atoms with E-state index in [0.717, 1.165) is 27.2 Å². The number of aryl methyl sites for hydroxylation is 2. The molecule has 4 rings (SSSR count). The van der Waals surface area contributed by atoms with E-state index < -0.39 is 23.4 Å². The molecule has 0 fully saturated rings. The minimum Gasteiger partial charge on any atom is -0.344 e. The summed E-state index contributed by atoms with van der Waals surface area (Å²) < 4.78 is 43.4. The van der Waals surface area contributed by atoms with Crippen molar-refractivity contribution < 1.29 is 18.0 Å². The lowest BCUT2D eigenvalue weighted by molar-refractivity contribution is -0.114. The molecule has 2 aromatic carbocycles. The number of alkyl halides is 3. The molecule has 0 saturated heterocycles. The molecule has 1 aliphatic rings. The van der Waals surface area contributed by atoms with E-state index in [1.54, 1.807) is 30.3 Å². The maximum atomic E-state index is 13.8. The van der Waals surface area contributed by atoms with Crippen molar-refractivity contribution in [3.8, 4) is 0 Å². The van der Waals surface area contributed by atoms with E-state index in [1.807, 2.05) is 39.0 Å². The number of hydrazone groups is 1. The number of fused-ring (bicyclic) bond motifs is 1. The molecular formula is C23H20F3N3O. The summed E-state index contributed by atoms with van der Waals surface area (Å²) in [4.78, 5) is 13.0. The topological polar surface area (TPSA) is 37.6 Å². The molecule has 0 N–H and O–H groups in total. The van der Waals surface area contributed by atoms with Crippen molar-refractivity contribution in [2.75, 3.05) is 5.01 Å². The van der Waals surface area contributed by atoms with Gasteiger partial charge in [0.25, 0.3) is 5.91 Å². The zero-order valence-electron chi connectivity index (χ0n) is 16.8. The Morgan fingerprint density at radius 3 is 2.37 bits per heavy atom. The van der Waals surface area contributed by atoms with Crippen LogP contribution in [0, 0.1) is 13.8 Å². The molecule has 1 aromatic heterocycles. The second-order valence-electron chi connectivity index (χ2n) is 7.17. The van der Waals surface area contributed by atoms with Crippen LogP contribution in [0.15, 0.2) is 59.2 Å². The molecule has 7 heteroatoms. The predicted octanol–water partition coefficient (Wildman–Crippen LogP) is 5.63. The van der Waals surface area contributed by atoms with Crippen LogP contribution in [-0.4, -0.2) is 22.4 Å². The van der Waals surface area contributed by atoms with Crippen molar-refractivity contribution in [1.29, 1.82) is 0 Å². The number of rotatable bonds is 3. The lowest BCUT2D eigenvalue weighted by Crippen LogP contribution is -2.25. The zero-order valence-corrected chi connectivity index (χ0v) is 16.8. The van der Waals surface area contributed by atoms with Crippen molar-refractivity contribution in [1.82, 2.24) is 4.57 Å². The van der Waals surface area contributed by atoms with Gasteiger partial charge in [-0.2, -0.15) is 23.3 Å². The fourth-order valence-corrected chi connectivity index (χ4v) is 3.96. The Labute approximate surface area is 171 Å². The summed E-state index contributed by atoms with van der Waals surface area (Å²) >= 11 is 0. The largest absolute Gasteiger partial charge is 0.435 e. The van der Waals surface area contributed by atoms with Crippen molar-refractivity contribution in [2.45, 2.75) is 33.5 Å². The standard InChI is InChI=1S/C23H20F3N3O/c1-4-28-15(3)18(17-12-8-9-14(2)20(17)28)13-19-21(23(24,25)26)27-29(22(19)30)16-10-6-5-7-11-16/h5-13H,4H2,1-3H3/b19-13+. The number of anilines is 1. The van der Waals surface area contributed by atoms with Crippen LogP contribution in [0.1, 0.15) is 23.7 Å². The van der Waals surface area contributed by atoms with Gasteiger partial charge in [0.1, 0.15) is 0 Å². The van der Waals surface area contributed by atoms with E-state index in [-0.39, 0.29) is 5.69 Å². The van der Waals surface area contributed by atoms with Gasteiger partial charge in [-0.1, -0.05) is 36.4 Å². The number of para-hydroxylation sites is 2. The Kier molecular flexibility index (Phi) is 4.76. The van der Waals surface area contributed by atoms with Crippen molar-refractivity contribution in [3.63, 3.8) is 0 Å². The summed E-state index contributed by atoms with van der Waals surface area (Å²) in [6, 6.07) is 13.8. The molecule has 1 aliphatic heterocycles. The first-order valence-electron chi connectivity index (χ1n) is 9.59. The van der Waals surface area contributed by atoms with E-state index in [9.17, 15) is 18.0 Å². The quantitative estimate of drug-likeness (QED) is 0.515. The normalized spacial score (nSPS) is 16.1. The average molecular weight is 411 g/mol. The third-order valence-corrected chi connectivity index (χ3v) is 5.34. The van der Waals surface area contributed by atoms with Crippen LogP contribution >= 0.6 is 0 Å². The van der Waals surface area contributed by atoms with Gasteiger partial charge in [0.05, 0.1) is 16.8 Å². The molecule has 1 amide bonds. The number of halogens is 3. The van der Waals surface area contributed by atoms with Crippen LogP contribution in [0.2, 0.25) is 0 Å². The minimum atomic E-state index is -4.75. The fraction of sp³-hybridized carbons (Fsp3) is 0.217. The third kappa shape index (κ3) is 3.10. The lowest BCUT2D eigenvalue weighted by Gasteiger charge is -2.10. The Balaban J connectivity index is 1.94. The SMILES string of the molecule is CCn1c(C)c(/C=C2/C(=O)N(c3ccccc3)N=C2C(F)(F)F)c2cccc(C)c21. The molecule has 3 aromatic rings. The van der Waals surface area contributed by atoms with E-state index >= 15 is 0 Å². The second-order valence-corrected chi connectivity index (χ2v) is 7.17. The van der Waals surface area contributed by atoms with Gasteiger partial charge in [0, 0.05) is 23.2 Å². The van der Waals surface area contributed by atoms with Gasteiger partial charge >= 0.3 is 6.18 Å². The number of carbonyl (C=O) groups excluding carboxylic acids is 1. The first-order valence-corrected chi connectivity index (χ1v) is 9.59. The first-order chi connectivity index (χ1) is 14.2. The van der Waals surface area contributed by atoms with Crippen LogP contribution in [0.4, 0.5) is 18.9 Å². The summed E-state index contributed by atoms with van der Waals surface area (Å²) in [6.45, 7) is 6.47. The number of benzene rings is 2. The highest BCUT2D eigenvalue weighted by Crippen LogP contribution is 2.35. The predicted molar refractivity (Wildman–Crippen MR) is 112 cm³/mol. The molecule has 154 valence electrons. The van der Waals surface area contributed by atoms with Gasteiger partial charge in [-0.3, -0.25) is 4.79 Å². The van der Waals surface area contributed by atoms with Crippen molar-refractivity contribution >= 4 is 34.3 Å². The van der Waals surface area contributed by atoms with Gasteiger partial charge in [0.15, 0.2) is 5.71 Å². The Hall–Kier alpha value is -3.35. The van der Waals surface area contributed by atoms with Crippen LogP contribution < -0.4 is 5.01 Å². The minimum absolute atomic E-state index is 0.288. The van der Waals surface area contributed by atoms with E-state index in [1.165, 1.54) is 6.08 Å². The van der Waals surface area contributed by atoms with Crippen LogP contribution in [0.5, 0.6) is 0 Å². The maximum absolute atomic E-state index is 13.8. The number of aromatic nitrogens is 1. The van der Waals surface area contributed by atoms with Crippen LogP contribution in [0.3, 0.4) is 0 Å². The average Bonchev–Trinajstić information content (AvgIpc) is 3.18. The van der Waals surface area contributed by atoms with Crippen LogP contribution in [0.25, 0.3) is 17.0 Å². The maximum Gasteiger partial charge on any atom is 0.435 e. The second kappa shape index (κ2) is 7.16. The summed E-state index contributed by atoms with van der Waals surface area (Å²) in [5.74, 6) is -0.794. The number of hydrogen-bond donors (Lipinski definition) is 0. The highest BCUT2D eigenvalue weighted by molar-refractivity contribution is 6.34. The van der Waals surface area contributed by atoms with Crippen molar-refractivity contribution in [3.05, 3.63) is 70.9 Å². The lowest BCUT2D eigenvalue weighted by atomic mass is 10.0. The van der Waals surface area contributed by atoms with Gasteiger partial charge < -0.3 is 4.57 Å². The number of carbonyl (C=O) groups is 1. The molecule has 0 atom stereocenters. The highest BCUT2D eigenvalue weighted by atomic mass is 19.4. The fourth-order valence-electron chi connectivity index (χ4n) is 3.96. The Morgan fingerprint density at radius 1 is 1.03 bits per heavy atom. The Bertz CT molecular complexity index is 1200. The summed E-state index contributed by atoms with van der Waals surface area (Å²) in [6.07, 6.45) is -3.42. The van der Waals surface area contributed by atoms with Gasteiger partial charge in [-0.05, 0) is 44.5 Å². The van der Waals surface area contributed by atoms with Gasteiger partial charge in [-0.25, -0.2) is 0 Å². The van der Waals surface area contributed by atoms with Gasteiger partial charge in [-0.15, -0.1) is 0 Å². The number of amides is 1. The molecule has 2 heterocycles.